The predicted molar refractivity (Wildman–Crippen MR) is 87.8 cm³/mol. The Morgan fingerprint density at radius 1 is 1.38 bits per heavy atom. The molecule has 120 valence electrons. The molecule has 0 amide bonds. The second kappa shape index (κ2) is 6.77. The van der Waals surface area contributed by atoms with E-state index in [-0.39, 0.29) is 12.0 Å². The van der Waals surface area contributed by atoms with Gasteiger partial charge >= 0.3 is 0 Å². The molecule has 0 radical (unpaired) electrons. The summed E-state index contributed by atoms with van der Waals surface area (Å²) in [5.74, 6) is 0.591. The Morgan fingerprint density at radius 2 is 2.05 bits per heavy atom. The summed E-state index contributed by atoms with van der Waals surface area (Å²) in [7, 11) is -3.44. The zero-order valence-electron chi connectivity index (χ0n) is 12.9. The molecule has 1 saturated carbocycles. The van der Waals surface area contributed by atoms with E-state index in [1.54, 1.807) is 11.4 Å². The van der Waals surface area contributed by atoms with Crippen LogP contribution in [0.4, 0.5) is 0 Å². The van der Waals surface area contributed by atoms with Gasteiger partial charge in [0.1, 0.15) is 0 Å². The van der Waals surface area contributed by atoms with Crippen LogP contribution in [-0.4, -0.2) is 15.0 Å². The minimum Gasteiger partial charge on any atom is -0.326 e. The van der Waals surface area contributed by atoms with E-state index in [1.165, 1.54) is 24.2 Å². The van der Waals surface area contributed by atoms with Gasteiger partial charge in [0.15, 0.2) is 0 Å². The van der Waals surface area contributed by atoms with Gasteiger partial charge in [-0.15, -0.1) is 11.3 Å². The summed E-state index contributed by atoms with van der Waals surface area (Å²) in [6.45, 7) is 5.23. The quantitative estimate of drug-likeness (QED) is 0.807. The molecule has 6 heteroatoms. The minimum absolute atomic E-state index is 0.139. The van der Waals surface area contributed by atoms with Crippen molar-refractivity contribution in [1.82, 2.24) is 4.72 Å². The van der Waals surface area contributed by atoms with Crippen molar-refractivity contribution in [2.24, 2.45) is 17.1 Å². The first kappa shape index (κ1) is 16.9. The number of nitrogens with two attached hydrogens (primary N) is 1. The van der Waals surface area contributed by atoms with Crippen LogP contribution in [0.5, 0.6) is 0 Å². The van der Waals surface area contributed by atoms with Crippen LogP contribution in [0.3, 0.4) is 0 Å². The molecule has 1 aliphatic carbocycles. The molecule has 1 aromatic rings. The van der Waals surface area contributed by atoms with Gasteiger partial charge < -0.3 is 5.73 Å². The molecular weight excluding hydrogens is 304 g/mol. The highest BCUT2D eigenvalue weighted by molar-refractivity contribution is 7.89. The Hall–Kier alpha value is -0.430. The van der Waals surface area contributed by atoms with E-state index < -0.39 is 10.0 Å². The number of hydrogen-bond donors (Lipinski definition) is 2. The van der Waals surface area contributed by atoms with Crippen LogP contribution in [0, 0.1) is 11.3 Å². The lowest BCUT2D eigenvalue weighted by Crippen LogP contribution is -2.37. The van der Waals surface area contributed by atoms with E-state index in [1.807, 2.05) is 0 Å². The van der Waals surface area contributed by atoms with Crippen LogP contribution in [-0.2, 0) is 16.6 Å². The summed E-state index contributed by atoms with van der Waals surface area (Å²) in [6, 6.07) is 1.65. The second-order valence-electron chi connectivity index (χ2n) is 6.54. The largest absolute Gasteiger partial charge is 0.326 e. The van der Waals surface area contributed by atoms with Gasteiger partial charge in [0.2, 0.25) is 10.0 Å². The maximum atomic E-state index is 12.5. The normalized spacial score (nSPS) is 18.5. The predicted octanol–water partition coefficient (Wildman–Crippen LogP) is 3.09. The van der Waals surface area contributed by atoms with Gasteiger partial charge in [-0.1, -0.05) is 26.7 Å². The molecule has 0 aromatic carbocycles. The van der Waals surface area contributed by atoms with E-state index in [0.717, 1.165) is 24.1 Å². The van der Waals surface area contributed by atoms with Crippen molar-refractivity contribution in [1.29, 1.82) is 0 Å². The Labute approximate surface area is 132 Å². The Morgan fingerprint density at radius 3 is 2.62 bits per heavy atom. The van der Waals surface area contributed by atoms with Crippen LogP contribution >= 0.6 is 11.3 Å². The topological polar surface area (TPSA) is 72.2 Å². The summed E-state index contributed by atoms with van der Waals surface area (Å²) in [4.78, 5) is 1.08. The molecule has 1 fully saturated rings. The number of hydrogen-bond acceptors (Lipinski definition) is 4. The number of nitrogens with one attached hydrogen (secondary N) is 1. The highest BCUT2D eigenvalue weighted by atomic mass is 32.2. The monoisotopic (exact) mass is 330 g/mol. The van der Waals surface area contributed by atoms with Crippen molar-refractivity contribution in [3.63, 3.8) is 0 Å². The summed E-state index contributed by atoms with van der Waals surface area (Å²) < 4.78 is 27.8. The van der Waals surface area contributed by atoms with E-state index in [9.17, 15) is 8.42 Å². The molecule has 1 aliphatic rings. The SMILES string of the molecule is CC(C)CC1(CNS(=O)(=O)c2ccsc2CN)CCCC1. The molecule has 4 nitrogen and oxygen atoms in total. The molecule has 3 N–H and O–H groups in total. The number of thiophene rings is 1. The Bertz CT molecular complexity index is 558. The third-order valence-electron chi connectivity index (χ3n) is 4.32. The Balaban J connectivity index is 2.10. The number of rotatable bonds is 7. The fourth-order valence-electron chi connectivity index (χ4n) is 3.49. The first-order valence-electron chi connectivity index (χ1n) is 7.65. The second-order valence-corrected chi connectivity index (χ2v) is 9.28. The summed E-state index contributed by atoms with van der Waals surface area (Å²) in [6.07, 6.45) is 5.76. The van der Waals surface area contributed by atoms with Crippen molar-refractivity contribution in [3.05, 3.63) is 16.3 Å². The van der Waals surface area contributed by atoms with Crippen LogP contribution in [0.25, 0.3) is 0 Å². The molecule has 21 heavy (non-hydrogen) atoms. The molecular formula is C15H26N2O2S2. The molecule has 1 aromatic heterocycles. The number of sulfonamides is 1. The van der Waals surface area contributed by atoms with Gasteiger partial charge in [-0.2, -0.15) is 0 Å². The molecule has 0 aliphatic heterocycles. The zero-order chi connectivity index (χ0) is 15.5. The Kier molecular flexibility index (Phi) is 5.46. The van der Waals surface area contributed by atoms with Gasteiger partial charge in [0, 0.05) is 18.0 Å². The van der Waals surface area contributed by atoms with E-state index in [0.29, 0.717) is 17.4 Å². The summed E-state index contributed by atoms with van der Waals surface area (Å²) in [5, 5.41) is 1.79. The van der Waals surface area contributed by atoms with E-state index >= 15 is 0 Å². The molecule has 0 spiro atoms. The standard InChI is InChI=1S/C15H26N2O2S2/c1-12(2)9-15(6-3-4-7-15)11-17-21(18,19)14-5-8-20-13(14)10-16/h5,8,12,17H,3-4,6-7,9-11,16H2,1-2H3. The maximum absolute atomic E-state index is 12.5. The van der Waals surface area contributed by atoms with E-state index in [2.05, 4.69) is 18.6 Å². The summed E-state index contributed by atoms with van der Waals surface area (Å²) >= 11 is 1.40. The maximum Gasteiger partial charge on any atom is 0.241 e. The lowest BCUT2D eigenvalue weighted by molar-refractivity contribution is 0.236. The van der Waals surface area contributed by atoms with Crippen molar-refractivity contribution in [2.75, 3.05) is 6.54 Å². The molecule has 0 saturated heterocycles. The van der Waals surface area contributed by atoms with Gasteiger partial charge in [-0.05, 0) is 42.0 Å². The smallest absolute Gasteiger partial charge is 0.241 e. The van der Waals surface area contributed by atoms with Crippen molar-refractivity contribution >= 4 is 21.4 Å². The molecule has 0 atom stereocenters. The van der Waals surface area contributed by atoms with Gasteiger partial charge in [0.05, 0.1) is 4.90 Å². The van der Waals surface area contributed by atoms with Gasteiger partial charge in [-0.25, -0.2) is 13.1 Å². The summed E-state index contributed by atoms with van der Waals surface area (Å²) in [5.41, 5.74) is 5.76. The van der Waals surface area contributed by atoms with Crippen LogP contribution in [0.15, 0.2) is 16.3 Å². The molecule has 2 rings (SSSR count). The van der Waals surface area contributed by atoms with Crippen LogP contribution in [0.1, 0.15) is 50.8 Å². The molecule has 1 heterocycles. The van der Waals surface area contributed by atoms with Crippen LogP contribution in [0.2, 0.25) is 0 Å². The molecule has 0 bridgehead atoms. The third-order valence-corrected chi connectivity index (χ3v) is 6.88. The van der Waals surface area contributed by atoms with Crippen LogP contribution < -0.4 is 10.5 Å². The lowest BCUT2D eigenvalue weighted by Gasteiger charge is -2.31. The van der Waals surface area contributed by atoms with Crippen molar-refractivity contribution in [3.8, 4) is 0 Å². The highest BCUT2D eigenvalue weighted by Gasteiger charge is 2.35. The fourth-order valence-corrected chi connectivity index (χ4v) is 5.98. The zero-order valence-corrected chi connectivity index (χ0v) is 14.5. The highest BCUT2D eigenvalue weighted by Crippen LogP contribution is 2.42. The fraction of sp³-hybridized carbons (Fsp3) is 0.733. The first-order chi connectivity index (χ1) is 9.88. The van der Waals surface area contributed by atoms with Crippen molar-refractivity contribution < 1.29 is 8.42 Å². The first-order valence-corrected chi connectivity index (χ1v) is 10.0. The lowest BCUT2D eigenvalue weighted by atomic mass is 9.79. The molecule has 0 unspecified atom stereocenters. The van der Waals surface area contributed by atoms with Crippen molar-refractivity contribution in [2.45, 2.75) is 57.4 Å². The van der Waals surface area contributed by atoms with E-state index in [4.69, 9.17) is 5.73 Å². The van der Waals surface area contributed by atoms with Gasteiger partial charge in [0.25, 0.3) is 0 Å². The van der Waals surface area contributed by atoms with Gasteiger partial charge in [-0.3, -0.25) is 0 Å². The average molecular weight is 331 g/mol. The average Bonchev–Trinajstić information content (AvgIpc) is 3.05. The third kappa shape index (κ3) is 4.06. The minimum atomic E-state index is -3.44.